The molecule has 2 N–H and O–H groups in total. The van der Waals surface area contributed by atoms with Crippen LogP contribution in [0.5, 0.6) is 5.75 Å². The van der Waals surface area contributed by atoms with E-state index in [0.717, 1.165) is 53.4 Å². The molecule has 2 atom stereocenters. The molecule has 1 aliphatic rings. The number of nitrogens with zero attached hydrogens (tertiary/aromatic N) is 4. The number of anilines is 3. The Hall–Kier alpha value is -4.09. The number of benzene rings is 2. The van der Waals surface area contributed by atoms with E-state index in [9.17, 15) is 8.42 Å². The number of sulfonamides is 1. The molecule has 1 saturated heterocycles. The molecule has 43 heavy (non-hydrogen) atoms. The third kappa shape index (κ3) is 6.05. The summed E-state index contributed by atoms with van der Waals surface area (Å²) < 4.78 is 34.6. The second kappa shape index (κ2) is 12.3. The largest absolute Gasteiger partial charge is 0.495 e. The first-order valence-electron chi connectivity index (χ1n) is 14.3. The average molecular weight is 619 g/mol. The van der Waals surface area contributed by atoms with E-state index in [-0.39, 0.29) is 12.1 Å². The summed E-state index contributed by atoms with van der Waals surface area (Å²) in [7, 11) is -2.04. The summed E-state index contributed by atoms with van der Waals surface area (Å²) in [5.41, 5.74) is 7.45. The van der Waals surface area contributed by atoms with E-state index < -0.39 is 10.0 Å². The van der Waals surface area contributed by atoms with Gasteiger partial charge in [-0.3, -0.25) is 9.71 Å². The highest BCUT2D eigenvalue weighted by Gasteiger charge is 2.42. The van der Waals surface area contributed by atoms with Crippen LogP contribution in [-0.2, 0) is 10.0 Å². The minimum absolute atomic E-state index is 0.249. The zero-order chi connectivity index (χ0) is 30.9. The summed E-state index contributed by atoms with van der Waals surface area (Å²) in [6, 6.07) is 21.6. The Balaban J connectivity index is 1.64. The number of hydrogen-bond acceptors (Lipinski definition) is 6. The van der Waals surface area contributed by atoms with Gasteiger partial charge in [0.25, 0.3) is 0 Å². The van der Waals surface area contributed by atoms with Gasteiger partial charge in [-0.25, -0.2) is 8.42 Å². The van der Waals surface area contributed by atoms with Gasteiger partial charge >= 0.3 is 0 Å². The van der Waals surface area contributed by atoms with Gasteiger partial charge in [0, 0.05) is 47.7 Å². The van der Waals surface area contributed by atoms with E-state index in [1.807, 2.05) is 29.2 Å². The molecular weight excluding hydrogens is 581 g/mol. The van der Waals surface area contributed by atoms with Crippen LogP contribution in [0.4, 0.5) is 17.1 Å². The first-order valence-corrected chi connectivity index (χ1v) is 16.6. The predicted octanol–water partition coefficient (Wildman–Crippen LogP) is 5.89. The summed E-state index contributed by atoms with van der Waals surface area (Å²) >= 11 is 5.93. The van der Waals surface area contributed by atoms with E-state index in [2.05, 4.69) is 82.5 Å². The van der Waals surface area contributed by atoms with Crippen molar-refractivity contribution in [2.45, 2.75) is 39.8 Å². The van der Waals surface area contributed by atoms with Gasteiger partial charge in [0.15, 0.2) is 5.11 Å². The molecule has 0 amide bonds. The minimum atomic E-state index is -3.55. The summed E-state index contributed by atoms with van der Waals surface area (Å²) in [4.78, 5) is 9.04. The Kier molecular flexibility index (Phi) is 8.66. The molecule has 226 valence electrons. The molecule has 4 aromatic rings. The van der Waals surface area contributed by atoms with E-state index in [1.165, 1.54) is 12.8 Å². The highest BCUT2D eigenvalue weighted by molar-refractivity contribution is 7.92. The van der Waals surface area contributed by atoms with Crippen molar-refractivity contribution in [3.8, 4) is 11.4 Å². The number of pyridine rings is 1. The molecule has 3 heterocycles. The molecule has 2 aromatic heterocycles. The number of aryl methyl sites for hydroxylation is 1. The van der Waals surface area contributed by atoms with Gasteiger partial charge in [0.2, 0.25) is 10.0 Å². The quantitative estimate of drug-likeness (QED) is 0.213. The second-order valence-electron chi connectivity index (χ2n) is 10.6. The van der Waals surface area contributed by atoms with Gasteiger partial charge in [-0.15, -0.1) is 0 Å². The van der Waals surface area contributed by atoms with Crippen LogP contribution < -0.4 is 24.6 Å². The molecule has 0 radical (unpaired) electrons. The lowest BCUT2D eigenvalue weighted by atomic mass is 9.96. The van der Waals surface area contributed by atoms with Crippen LogP contribution in [0, 0.1) is 13.8 Å². The van der Waals surface area contributed by atoms with Gasteiger partial charge in [0.05, 0.1) is 36.8 Å². The Morgan fingerprint density at radius 1 is 1.02 bits per heavy atom. The van der Waals surface area contributed by atoms with Gasteiger partial charge in [-0.05, 0) is 106 Å². The Morgan fingerprint density at radius 3 is 2.33 bits per heavy atom. The molecule has 2 unspecified atom stereocenters. The van der Waals surface area contributed by atoms with Crippen molar-refractivity contribution in [3.05, 3.63) is 95.6 Å². The Labute approximate surface area is 259 Å². The van der Waals surface area contributed by atoms with Crippen molar-refractivity contribution < 1.29 is 13.2 Å². The highest BCUT2D eigenvalue weighted by Crippen LogP contribution is 2.45. The van der Waals surface area contributed by atoms with Crippen molar-refractivity contribution in [2.24, 2.45) is 0 Å². The lowest BCUT2D eigenvalue weighted by Crippen LogP contribution is -2.29. The van der Waals surface area contributed by atoms with Crippen LogP contribution in [0.15, 0.2) is 72.9 Å². The number of rotatable bonds is 10. The van der Waals surface area contributed by atoms with Crippen LogP contribution in [0.3, 0.4) is 0 Å². The summed E-state index contributed by atoms with van der Waals surface area (Å²) in [6.07, 6.45) is 2.90. The number of hydrogen-bond donors (Lipinski definition) is 2. The zero-order valence-electron chi connectivity index (χ0n) is 25.3. The molecule has 2 aromatic carbocycles. The smallest absolute Gasteiger partial charge is 0.229 e. The molecule has 9 nitrogen and oxygen atoms in total. The van der Waals surface area contributed by atoms with Gasteiger partial charge in [-0.2, -0.15) is 0 Å². The van der Waals surface area contributed by atoms with Crippen LogP contribution in [0.25, 0.3) is 5.69 Å². The summed E-state index contributed by atoms with van der Waals surface area (Å²) in [6.45, 7) is 10.5. The third-order valence-corrected chi connectivity index (χ3v) is 8.79. The topological polar surface area (TPSA) is 91.7 Å². The number of thiocarbonyl (C=S) groups is 1. The summed E-state index contributed by atoms with van der Waals surface area (Å²) in [5, 5.41) is 4.02. The van der Waals surface area contributed by atoms with Gasteiger partial charge in [-0.1, -0.05) is 6.07 Å². The second-order valence-corrected chi connectivity index (χ2v) is 12.7. The van der Waals surface area contributed by atoms with Gasteiger partial charge < -0.3 is 24.4 Å². The molecule has 0 spiro atoms. The highest BCUT2D eigenvalue weighted by atomic mass is 32.2. The van der Waals surface area contributed by atoms with E-state index >= 15 is 0 Å². The molecule has 11 heteroatoms. The molecule has 1 aliphatic heterocycles. The van der Waals surface area contributed by atoms with Crippen LogP contribution >= 0.6 is 12.2 Å². The number of aromatic nitrogens is 2. The number of ether oxygens (including phenoxy) is 1. The minimum Gasteiger partial charge on any atom is -0.495 e. The lowest BCUT2D eigenvalue weighted by Gasteiger charge is -2.29. The molecule has 0 saturated carbocycles. The molecule has 0 aliphatic carbocycles. The Morgan fingerprint density at radius 2 is 1.72 bits per heavy atom. The molecule has 0 bridgehead atoms. The number of nitrogens with one attached hydrogen (secondary N) is 2. The monoisotopic (exact) mass is 618 g/mol. The maximum absolute atomic E-state index is 12.2. The molecular formula is C32H38N6O3S2. The maximum atomic E-state index is 12.2. The standard InChI is InChI=1S/C32H38N6O3S2/c1-7-36(8-2)23-12-14-24(15-13-23)37-21(3)19-26(22(37)4)31-30(27-11-9-10-18-33-27)34-32(42)38(31)25-16-17-29(41-5)28(20-25)35-43(6,39)40/h9-20,30-31,35H,7-8H2,1-6H3,(H,34,42). The summed E-state index contributed by atoms with van der Waals surface area (Å²) in [5.74, 6) is 0.413. The van der Waals surface area contributed by atoms with Gasteiger partial charge in [0.1, 0.15) is 5.75 Å². The molecule has 1 fully saturated rings. The fourth-order valence-corrected chi connectivity index (χ4v) is 6.86. The first kappa shape index (κ1) is 30.4. The average Bonchev–Trinajstić information content (AvgIpc) is 3.48. The van der Waals surface area contributed by atoms with Crippen molar-refractivity contribution in [3.63, 3.8) is 0 Å². The van der Waals surface area contributed by atoms with Crippen molar-refractivity contribution in [1.29, 1.82) is 0 Å². The van der Waals surface area contributed by atoms with E-state index in [0.29, 0.717) is 16.5 Å². The normalized spacial score (nSPS) is 16.7. The van der Waals surface area contributed by atoms with E-state index in [4.69, 9.17) is 17.0 Å². The van der Waals surface area contributed by atoms with Crippen LogP contribution in [0.2, 0.25) is 0 Å². The maximum Gasteiger partial charge on any atom is 0.229 e. The van der Waals surface area contributed by atoms with Crippen LogP contribution in [-0.4, -0.2) is 49.5 Å². The lowest BCUT2D eigenvalue weighted by molar-refractivity contribution is 0.417. The zero-order valence-corrected chi connectivity index (χ0v) is 27.0. The van der Waals surface area contributed by atoms with Crippen LogP contribution in [0.1, 0.15) is 48.6 Å². The molecule has 5 rings (SSSR count). The predicted molar refractivity (Wildman–Crippen MR) is 178 cm³/mol. The van der Waals surface area contributed by atoms with Crippen molar-refractivity contribution in [1.82, 2.24) is 14.9 Å². The third-order valence-electron chi connectivity index (χ3n) is 7.88. The Bertz CT molecular complexity index is 1720. The fraction of sp³-hybridized carbons (Fsp3) is 0.312. The van der Waals surface area contributed by atoms with Crippen molar-refractivity contribution in [2.75, 3.05) is 41.0 Å². The fourth-order valence-electron chi connectivity index (χ4n) is 5.96. The number of methoxy groups -OCH3 is 1. The SMILES string of the molecule is CCN(CC)c1ccc(-n2c(C)cc(C3C(c4ccccn4)NC(=S)N3c3ccc(OC)c(NS(C)(=O)=O)c3)c2C)cc1. The first-order chi connectivity index (χ1) is 20.6. The van der Waals surface area contributed by atoms with Crippen molar-refractivity contribution >= 4 is 44.4 Å². The van der Waals surface area contributed by atoms with E-state index in [1.54, 1.807) is 18.3 Å².